The van der Waals surface area contributed by atoms with Gasteiger partial charge in [-0.1, -0.05) is 72.8 Å². The molecule has 0 aliphatic heterocycles. The second-order valence-corrected chi connectivity index (χ2v) is 7.84. The van der Waals surface area contributed by atoms with Gasteiger partial charge in [0.05, 0.1) is 12.5 Å². The molecule has 5 heteroatoms. The van der Waals surface area contributed by atoms with E-state index in [1.807, 2.05) is 74.8 Å². The van der Waals surface area contributed by atoms with Crippen LogP contribution >= 0.6 is 0 Å². The number of nitrogens with one attached hydrogen (secondary N) is 2. The molecule has 0 saturated heterocycles. The van der Waals surface area contributed by atoms with Crippen molar-refractivity contribution in [1.29, 1.82) is 0 Å². The second-order valence-electron chi connectivity index (χ2n) is 7.84. The molecule has 0 fully saturated rings. The number of carbonyl (C=O) groups is 2. The van der Waals surface area contributed by atoms with E-state index in [9.17, 15) is 9.59 Å². The number of carbonyl (C=O) groups excluding carboxylic acids is 2. The predicted octanol–water partition coefficient (Wildman–Crippen LogP) is 3.93. The molecule has 1 unspecified atom stereocenters. The summed E-state index contributed by atoms with van der Waals surface area (Å²) in [6.07, 6.45) is 0.168. The highest BCUT2D eigenvalue weighted by Gasteiger charge is 2.19. The van der Waals surface area contributed by atoms with Crippen LogP contribution in [0.3, 0.4) is 0 Å². The molecular weight excluding hydrogens is 386 g/mol. The third kappa shape index (κ3) is 7.08. The van der Waals surface area contributed by atoms with Gasteiger partial charge in [-0.2, -0.15) is 0 Å². The number of amides is 2. The van der Waals surface area contributed by atoms with E-state index in [0.717, 1.165) is 17.7 Å². The van der Waals surface area contributed by atoms with Crippen LogP contribution in [0.5, 0.6) is 0 Å². The molecule has 0 aliphatic carbocycles. The van der Waals surface area contributed by atoms with E-state index in [1.54, 1.807) is 12.1 Å². The SMILES string of the molecule is CN(C)Cc1ccc(CNC(=O)CC(NC(=O)c2ccccc2)c2ccccc2)cc1. The fourth-order valence-corrected chi connectivity index (χ4v) is 3.35. The lowest BCUT2D eigenvalue weighted by Crippen LogP contribution is -2.33. The lowest BCUT2D eigenvalue weighted by Gasteiger charge is -2.19. The Hall–Kier alpha value is -3.44. The quantitative estimate of drug-likeness (QED) is 0.557. The summed E-state index contributed by atoms with van der Waals surface area (Å²) in [5.41, 5.74) is 3.74. The monoisotopic (exact) mass is 415 g/mol. The molecule has 31 heavy (non-hydrogen) atoms. The van der Waals surface area contributed by atoms with Gasteiger partial charge in [-0.15, -0.1) is 0 Å². The summed E-state index contributed by atoms with van der Waals surface area (Å²) >= 11 is 0. The average molecular weight is 416 g/mol. The van der Waals surface area contributed by atoms with Crippen LogP contribution in [0, 0.1) is 0 Å². The number of rotatable bonds is 9. The molecule has 0 bridgehead atoms. The van der Waals surface area contributed by atoms with Crippen molar-refractivity contribution in [2.24, 2.45) is 0 Å². The molecule has 5 nitrogen and oxygen atoms in total. The van der Waals surface area contributed by atoms with Gasteiger partial charge in [0.1, 0.15) is 0 Å². The topological polar surface area (TPSA) is 61.4 Å². The van der Waals surface area contributed by atoms with Gasteiger partial charge in [0.2, 0.25) is 5.91 Å². The van der Waals surface area contributed by atoms with Crippen molar-refractivity contribution in [3.63, 3.8) is 0 Å². The van der Waals surface area contributed by atoms with Gasteiger partial charge in [-0.25, -0.2) is 0 Å². The zero-order chi connectivity index (χ0) is 22.1. The van der Waals surface area contributed by atoms with E-state index in [-0.39, 0.29) is 18.2 Å². The first-order valence-electron chi connectivity index (χ1n) is 10.4. The Bertz CT molecular complexity index is 971. The van der Waals surface area contributed by atoms with Crippen molar-refractivity contribution in [3.05, 3.63) is 107 Å². The van der Waals surface area contributed by atoms with Gasteiger partial charge >= 0.3 is 0 Å². The van der Waals surface area contributed by atoms with Crippen molar-refractivity contribution in [2.75, 3.05) is 14.1 Å². The predicted molar refractivity (Wildman–Crippen MR) is 123 cm³/mol. The van der Waals surface area contributed by atoms with Crippen molar-refractivity contribution in [1.82, 2.24) is 15.5 Å². The molecule has 0 aromatic heterocycles. The molecule has 0 heterocycles. The summed E-state index contributed by atoms with van der Waals surface area (Å²) in [6, 6.07) is 26.4. The van der Waals surface area contributed by atoms with Crippen LogP contribution in [0.2, 0.25) is 0 Å². The van der Waals surface area contributed by atoms with Crippen molar-refractivity contribution < 1.29 is 9.59 Å². The summed E-state index contributed by atoms with van der Waals surface area (Å²) in [6.45, 7) is 1.34. The van der Waals surface area contributed by atoms with Gasteiger partial charge < -0.3 is 15.5 Å². The van der Waals surface area contributed by atoms with E-state index in [2.05, 4.69) is 27.7 Å². The minimum Gasteiger partial charge on any atom is -0.352 e. The van der Waals surface area contributed by atoms with Crippen LogP contribution in [0.25, 0.3) is 0 Å². The minimum absolute atomic E-state index is 0.111. The standard InChI is InChI=1S/C26H29N3O2/c1-29(2)19-21-15-13-20(14-16-21)18-27-25(30)17-24(22-9-5-3-6-10-22)28-26(31)23-11-7-4-8-12-23/h3-16,24H,17-19H2,1-2H3,(H,27,30)(H,28,31). The molecule has 2 amide bonds. The Morgan fingerprint density at radius 1 is 0.806 bits per heavy atom. The molecular formula is C26H29N3O2. The molecule has 3 rings (SSSR count). The van der Waals surface area contributed by atoms with Crippen LogP contribution in [0.4, 0.5) is 0 Å². The maximum absolute atomic E-state index is 12.7. The van der Waals surface area contributed by atoms with Gasteiger partial charge in [-0.05, 0) is 42.9 Å². The zero-order valence-electron chi connectivity index (χ0n) is 18.0. The molecule has 1 atom stereocenters. The number of hydrogen-bond acceptors (Lipinski definition) is 3. The van der Waals surface area contributed by atoms with E-state index in [1.165, 1.54) is 5.56 Å². The largest absolute Gasteiger partial charge is 0.352 e. The third-order valence-corrected chi connectivity index (χ3v) is 4.94. The summed E-state index contributed by atoms with van der Waals surface area (Å²) in [7, 11) is 4.07. The molecule has 2 N–H and O–H groups in total. The molecule has 0 spiro atoms. The summed E-state index contributed by atoms with van der Waals surface area (Å²) in [5.74, 6) is -0.307. The van der Waals surface area contributed by atoms with E-state index in [4.69, 9.17) is 0 Å². The maximum Gasteiger partial charge on any atom is 0.251 e. The van der Waals surface area contributed by atoms with Crippen molar-refractivity contribution in [3.8, 4) is 0 Å². The first kappa shape index (κ1) is 22.2. The molecule has 160 valence electrons. The van der Waals surface area contributed by atoms with Crippen LogP contribution in [-0.4, -0.2) is 30.8 Å². The molecule has 3 aromatic rings. The summed E-state index contributed by atoms with van der Waals surface area (Å²) < 4.78 is 0. The van der Waals surface area contributed by atoms with Crippen molar-refractivity contribution >= 4 is 11.8 Å². The maximum atomic E-state index is 12.7. The Labute approximate surface area is 184 Å². The Kier molecular flexibility index (Phi) is 7.96. The highest BCUT2D eigenvalue weighted by atomic mass is 16.2. The number of benzene rings is 3. The highest BCUT2D eigenvalue weighted by Crippen LogP contribution is 2.18. The fourth-order valence-electron chi connectivity index (χ4n) is 3.35. The van der Waals surface area contributed by atoms with E-state index >= 15 is 0 Å². The van der Waals surface area contributed by atoms with Crippen LogP contribution in [0.15, 0.2) is 84.9 Å². The average Bonchev–Trinajstić information content (AvgIpc) is 2.79. The van der Waals surface area contributed by atoms with Gasteiger partial charge in [0, 0.05) is 18.7 Å². The smallest absolute Gasteiger partial charge is 0.251 e. The normalized spacial score (nSPS) is 11.7. The van der Waals surface area contributed by atoms with Gasteiger partial charge in [0.15, 0.2) is 0 Å². The minimum atomic E-state index is -0.406. The molecule has 0 radical (unpaired) electrons. The lowest BCUT2D eigenvalue weighted by atomic mass is 10.0. The fraction of sp³-hybridized carbons (Fsp3) is 0.231. The number of nitrogens with zero attached hydrogens (tertiary/aromatic N) is 1. The Balaban J connectivity index is 1.61. The van der Waals surface area contributed by atoms with Gasteiger partial charge in [0.25, 0.3) is 5.91 Å². The van der Waals surface area contributed by atoms with Crippen molar-refractivity contribution in [2.45, 2.75) is 25.6 Å². The van der Waals surface area contributed by atoms with E-state index in [0.29, 0.717) is 12.1 Å². The first-order chi connectivity index (χ1) is 15.0. The first-order valence-corrected chi connectivity index (χ1v) is 10.4. The number of hydrogen-bond donors (Lipinski definition) is 2. The highest BCUT2D eigenvalue weighted by molar-refractivity contribution is 5.94. The van der Waals surface area contributed by atoms with E-state index < -0.39 is 6.04 Å². The van der Waals surface area contributed by atoms with Gasteiger partial charge in [-0.3, -0.25) is 9.59 Å². The van der Waals surface area contributed by atoms with Crippen LogP contribution in [0.1, 0.15) is 39.5 Å². The molecule has 0 saturated carbocycles. The van der Waals surface area contributed by atoms with Crippen LogP contribution < -0.4 is 10.6 Å². The lowest BCUT2D eigenvalue weighted by molar-refractivity contribution is -0.121. The Morgan fingerprint density at radius 3 is 2.00 bits per heavy atom. The second kappa shape index (κ2) is 11.1. The zero-order valence-corrected chi connectivity index (χ0v) is 18.0. The summed E-state index contributed by atoms with van der Waals surface area (Å²) in [5, 5.41) is 5.97. The molecule has 3 aromatic carbocycles. The van der Waals surface area contributed by atoms with Crippen LogP contribution in [-0.2, 0) is 17.9 Å². The third-order valence-electron chi connectivity index (χ3n) is 4.94. The molecule has 0 aliphatic rings. The Morgan fingerprint density at radius 2 is 1.39 bits per heavy atom. The summed E-state index contributed by atoms with van der Waals surface area (Å²) in [4.78, 5) is 27.4.